The predicted octanol–water partition coefficient (Wildman–Crippen LogP) is 5.31. The number of hydrogen-bond acceptors (Lipinski definition) is 3. The topological polar surface area (TPSA) is 61.8 Å². The molecule has 152 valence electrons. The lowest BCUT2D eigenvalue weighted by molar-refractivity contribution is -0.274. The molecule has 0 radical (unpaired) electrons. The molecule has 0 saturated carbocycles. The normalized spacial score (nSPS) is 11.2. The molecule has 0 aromatic heterocycles. The van der Waals surface area contributed by atoms with Gasteiger partial charge in [0, 0.05) is 25.4 Å². The Morgan fingerprint density at radius 2 is 1.79 bits per heavy atom. The fraction of sp³-hybridized carbons (Fsp3) is 0.278. The third kappa shape index (κ3) is 7.10. The van der Waals surface area contributed by atoms with Gasteiger partial charge in [-0.15, -0.1) is 13.2 Å². The van der Waals surface area contributed by atoms with Gasteiger partial charge >= 0.3 is 12.4 Å². The number of aliphatic hydroxyl groups is 1. The lowest BCUT2D eigenvalue weighted by atomic mass is 10.2. The van der Waals surface area contributed by atoms with Crippen LogP contribution in [0.5, 0.6) is 5.75 Å². The molecule has 2 N–H and O–H groups in total. The summed E-state index contributed by atoms with van der Waals surface area (Å²) in [5.41, 5.74) is 1.03. The fourth-order valence-electron chi connectivity index (χ4n) is 2.31. The van der Waals surface area contributed by atoms with Crippen molar-refractivity contribution in [3.05, 3.63) is 58.1 Å². The molecule has 5 nitrogen and oxygen atoms in total. The van der Waals surface area contributed by atoms with E-state index in [1.807, 2.05) is 0 Å². The van der Waals surface area contributed by atoms with Gasteiger partial charge in [-0.25, -0.2) is 4.79 Å². The summed E-state index contributed by atoms with van der Waals surface area (Å²) in [7, 11) is 0. The first-order valence-electron chi connectivity index (χ1n) is 8.14. The number of alkyl halides is 3. The molecule has 10 heteroatoms. The number of rotatable bonds is 7. The van der Waals surface area contributed by atoms with E-state index >= 15 is 0 Å². The molecular formula is C18H17Cl2F3N2O3. The van der Waals surface area contributed by atoms with Crippen molar-refractivity contribution in [3.63, 3.8) is 0 Å². The summed E-state index contributed by atoms with van der Waals surface area (Å²) < 4.78 is 40.4. The molecule has 2 aromatic rings. The van der Waals surface area contributed by atoms with Crippen molar-refractivity contribution < 1.29 is 27.8 Å². The summed E-state index contributed by atoms with van der Waals surface area (Å²) in [4.78, 5) is 14.0. The van der Waals surface area contributed by atoms with Crippen molar-refractivity contribution in [2.24, 2.45) is 0 Å². The van der Waals surface area contributed by atoms with Gasteiger partial charge in [-0.3, -0.25) is 0 Å². The zero-order valence-electron chi connectivity index (χ0n) is 14.5. The number of carbonyl (C=O) groups excluding carboxylic acids is 1. The SMILES string of the molecule is O=C(Nc1ccc(OC(F)(F)F)cc1)N(CCCO)Cc1ccc(Cl)c(Cl)c1. The van der Waals surface area contributed by atoms with Crippen LogP contribution in [0.3, 0.4) is 0 Å². The number of hydrogen-bond donors (Lipinski definition) is 2. The van der Waals surface area contributed by atoms with Gasteiger partial charge in [-0.05, 0) is 48.4 Å². The van der Waals surface area contributed by atoms with Gasteiger partial charge in [-0.1, -0.05) is 29.3 Å². The molecule has 2 rings (SSSR count). The van der Waals surface area contributed by atoms with Crippen molar-refractivity contribution in [1.29, 1.82) is 0 Å². The molecule has 0 aliphatic heterocycles. The summed E-state index contributed by atoms with van der Waals surface area (Å²) in [5.74, 6) is -0.390. The minimum atomic E-state index is -4.79. The van der Waals surface area contributed by atoms with E-state index in [-0.39, 0.29) is 19.7 Å². The molecule has 28 heavy (non-hydrogen) atoms. The number of nitrogens with one attached hydrogen (secondary N) is 1. The van der Waals surface area contributed by atoms with Gasteiger partial charge in [0.1, 0.15) is 5.75 Å². The maximum atomic E-state index is 12.6. The minimum absolute atomic E-state index is 0.103. The van der Waals surface area contributed by atoms with Crippen LogP contribution in [0.4, 0.5) is 23.7 Å². The standard InChI is InChI=1S/C18H17Cl2F3N2O3/c19-15-7-2-12(10-16(15)20)11-25(8-1-9-26)17(27)24-13-3-5-14(6-4-13)28-18(21,22)23/h2-7,10,26H,1,8-9,11H2,(H,24,27). The Balaban J connectivity index is 2.06. The highest BCUT2D eigenvalue weighted by Gasteiger charge is 2.31. The Kier molecular flexibility index (Phi) is 7.79. The number of halogens is 5. The van der Waals surface area contributed by atoms with E-state index in [0.717, 1.165) is 17.7 Å². The van der Waals surface area contributed by atoms with Crippen molar-refractivity contribution >= 4 is 34.9 Å². The summed E-state index contributed by atoms with van der Waals surface area (Å²) >= 11 is 11.9. The summed E-state index contributed by atoms with van der Waals surface area (Å²) in [6.07, 6.45) is -4.43. The van der Waals surface area contributed by atoms with Gasteiger partial charge in [-0.2, -0.15) is 0 Å². The molecule has 0 spiro atoms. The highest BCUT2D eigenvalue weighted by Crippen LogP contribution is 2.25. The molecule has 0 unspecified atom stereocenters. The van der Waals surface area contributed by atoms with Crippen LogP contribution in [0, 0.1) is 0 Å². The van der Waals surface area contributed by atoms with Gasteiger partial charge < -0.3 is 20.1 Å². The fourth-order valence-corrected chi connectivity index (χ4v) is 2.64. The van der Waals surface area contributed by atoms with Crippen molar-refractivity contribution in [2.45, 2.75) is 19.3 Å². The summed E-state index contributed by atoms with van der Waals surface area (Å²) in [6.45, 7) is 0.366. The quantitative estimate of drug-likeness (QED) is 0.618. The number of benzene rings is 2. The maximum Gasteiger partial charge on any atom is 0.573 e. The van der Waals surface area contributed by atoms with Crippen LogP contribution in [0.25, 0.3) is 0 Å². The van der Waals surface area contributed by atoms with E-state index in [4.69, 9.17) is 28.3 Å². The van der Waals surface area contributed by atoms with Crippen molar-refractivity contribution in [1.82, 2.24) is 4.90 Å². The average molecular weight is 437 g/mol. The predicted molar refractivity (Wildman–Crippen MR) is 101 cm³/mol. The molecule has 0 fully saturated rings. The Labute approximate surface area is 169 Å². The van der Waals surface area contributed by atoms with Crippen LogP contribution in [0.15, 0.2) is 42.5 Å². The molecule has 0 bridgehead atoms. The second-order valence-corrected chi connectivity index (χ2v) is 6.56. The molecule has 0 aliphatic carbocycles. The van der Waals surface area contributed by atoms with Gasteiger partial charge in [0.15, 0.2) is 0 Å². The molecule has 2 aromatic carbocycles. The molecule has 0 heterocycles. The van der Waals surface area contributed by atoms with E-state index in [1.54, 1.807) is 18.2 Å². The molecule has 0 atom stereocenters. The Hall–Kier alpha value is -2.16. The van der Waals surface area contributed by atoms with E-state index < -0.39 is 18.1 Å². The zero-order valence-corrected chi connectivity index (χ0v) is 16.0. The van der Waals surface area contributed by atoms with Gasteiger partial charge in [0.25, 0.3) is 0 Å². The van der Waals surface area contributed by atoms with Crippen molar-refractivity contribution in [2.75, 3.05) is 18.5 Å². The van der Waals surface area contributed by atoms with Gasteiger partial charge in [0.2, 0.25) is 0 Å². The minimum Gasteiger partial charge on any atom is -0.406 e. The van der Waals surface area contributed by atoms with E-state index in [0.29, 0.717) is 22.2 Å². The monoisotopic (exact) mass is 436 g/mol. The van der Waals surface area contributed by atoms with E-state index in [2.05, 4.69) is 10.1 Å². The van der Waals surface area contributed by atoms with Crippen molar-refractivity contribution in [3.8, 4) is 5.75 Å². The van der Waals surface area contributed by atoms with Crippen LogP contribution in [-0.4, -0.2) is 35.6 Å². The number of urea groups is 1. The lowest BCUT2D eigenvalue weighted by Gasteiger charge is -2.23. The average Bonchev–Trinajstić information content (AvgIpc) is 2.62. The summed E-state index contributed by atoms with van der Waals surface area (Å²) in [6, 6.07) is 9.26. The number of nitrogens with zero attached hydrogens (tertiary/aromatic N) is 1. The van der Waals surface area contributed by atoms with Crippen LogP contribution >= 0.6 is 23.2 Å². The molecular weight excluding hydrogens is 420 g/mol. The lowest BCUT2D eigenvalue weighted by Crippen LogP contribution is -2.35. The smallest absolute Gasteiger partial charge is 0.406 e. The Bertz CT molecular complexity index is 802. The van der Waals surface area contributed by atoms with Crippen LogP contribution in [0.1, 0.15) is 12.0 Å². The number of amides is 2. The first-order chi connectivity index (χ1) is 13.2. The maximum absolute atomic E-state index is 12.6. The van der Waals surface area contributed by atoms with Crippen LogP contribution < -0.4 is 10.1 Å². The molecule has 0 saturated heterocycles. The Morgan fingerprint density at radius 1 is 1.11 bits per heavy atom. The van der Waals surface area contributed by atoms with Crippen LogP contribution in [-0.2, 0) is 6.54 Å². The van der Waals surface area contributed by atoms with Gasteiger partial charge in [0.05, 0.1) is 10.0 Å². The largest absolute Gasteiger partial charge is 0.573 e. The highest BCUT2D eigenvalue weighted by molar-refractivity contribution is 6.42. The number of ether oxygens (including phenoxy) is 1. The number of aliphatic hydroxyl groups excluding tert-OH is 1. The van der Waals surface area contributed by atoms with E-state index in [9.17, 15) is 18.0 Å². The first kappa shape index (κ1) is 22.1. The second-order valence-electron chi connectivity index (χ2n) is 5.75. The molecule has 0 aliphatic rings. The van der Waals surface area contributed by atoms with Crippen LogP contribution in [0.2, 0.25) is 10.0 Å². The first-order valence-corrected chi connectivity index (χ1v) is 8.90. The Morgan fingerprint density at radius 3 is 2.36 bits per heavy atom. The number of anilines is 1. The third-order valence-electron chi connectivity index (χ3n) is 3.57. The number of carbonyl (C=O) groups is 1. The second kappa shape index (κ2) is 9.86. The van der Waals surface area contributed by atoms with E-state index in [1.165, 1.54) is 17.0 Å². The molecule has 2 amide bonds. The highest BCUT2D eigenvalue weighted by atomic mass is 35.5. The third-order valence-corrected chi connectivity index (χ3v) is 4.31. The summed E-state index contributed by atoms with van der Waals surface area (Å²) in [5, 5.41) is 12.4. The zero-order chi connectivity index (χ0) is 20.7.